The summed E-state index contributed by atoms with van der Waals surface area (Å²) in [6.45, 7) is 9.53. The Morgan fingerprint density at radius 3 is 2.30 bits per heavy atom. The number of hydrogen-bond acceptors (Lipinski definition) is 10. The molecule has 1 aromatic rings. The highest BCUT2D eigenvalue weighted by atomic mass is 16.7. The van der Waals surface area contributed by atoms with Gasteiger partial charge in [0.05, 0.1) is 39.5 Å². The van der Waals surface area contributed by atoms with Gasteiger partial charge in [-0.1, -0.05) is 18.2 Å². The van der Waals surface area contributed by atoms with Crippen molar-refractivity contribution in [3.05, 3.63) is 54.6 Å². The van der Waals surface area contributed by atoms with Crippen molar-refractivity contribution < 1.29 is 47.9 Å². The summed E-state index contributed by atoms with van der Waals surface area (Å²) in [5, 5.41) is 9.81. The summed E-state index contributed by atoms with van der Waals surface area (Å²) < 4.78 is 37.1. The highest BCUT2D eigenvalue weighted by Crippen LogP contribution is 2.15. The van der Waals surface area contributed by atoms with E-state index in [1.807, 2.05) is 24.3 Å². The number of esters is 2. The molecule has 10 nitrogen and oxygen atoms in total. The van der Waals surface area contributed by atoms with Crippen molar-refractivity contribution in [1.29, 1.82) is 0 Å². The fraction of sp³-hybridized carbons (Fsp3) is 0.556. The molecule has 0 radical (unpaired) electrons. The van der Waals surface area contributed by atoms with Gasteiger partial charge in [-0.25, -0.2) is 4.79 Å². The third kappa shape index (κ3) is 13.9. The fourth-order valence-corrected chi connectivity index (χ4v) is 3.00. The van der Waals surface area contributed by atoms with Gasteiger partial charge in [0, 0.05) is 13.2 Å². The molecule has 1 rings (SSSR count). The number of hydrogen-bond donors (Lipinski definition) is 1. The number of carbonyl (C=O) groups excluding carboxylic acids is 2. The Bertz CT molecular complexity index is 821. The normalized spacial score (nSPS) is 15.4. The molecule has 37 heavy (non-hydrogen) atoms. The summed E-state index contributed by atoms with van der Waals surface area (Å²) in [5.41, 5.74) is 0.932. The van der Waals surface area contributed by atoms with Gasteiger partial charge in [-0.15, -0.1) is 6.58 Å². The summed E-state index contributed by atoms with van der Waals surface area (Å²) in [4.78, 5) is 24.5. The Kier molecular flexibility index (Phi) is 16.1. The molecule has 0 amide bonds. The zero-order valence-electron chi connectivity index (χ0n) is 22.3. The molecule has 10 heteroatoms. The molecule has 0 spiro atoms. The first-order valence-corrected chi connectivity index (χ1v) is 12.0. The van der Waals surface area contributed by atoms with E-state index in [-0.39, 0.29) is 13.2 Å². The van der Waals surface area contributed by atoms with Crippen molar-refractivity contribution in [2.75, 3.05) is 34.2 Å². The summed E-state index contributed by atoms with van der Waals surface area (Å²) in [6.07, 6.45) is 0.423. The van der Waals surface area contributed by atoms with Crippen molar-refractivity contribution >= 4 is 11.9 Å². The Labute approximate surface area is 219 Å². The minimum atomic E-state index is -0.881. The van der Waals surface area contributed by atoms with Gasteiger partial charge in [0.1, 0.15) is 37.0 Å². The molecule has 1 N–H and O–H groups in total. The first kappa shape index (κ1) is 32.3. The standard InChI is InChI=1S/C27H40O10/c1-7-24(34-17-22-8-10-23(32-6)11-9-22)21(4)37-27(30)16-19(2)36-26(29)13-12-25(20(3)28)35-18-33-15-14-31-5/h7-13,19-21,24-25,28H,1,14-18H2,2-6H3/b13-12+/t19-,20-,21-,24+,25+/m0/s1. The van der Waals surface area contributed by atoms with E-state index < -0.39 is 42.5 Å². The molecule has 0 aliphatic carbocycles. The van der Waals surface area contributed by atoms with Crippen LogP contribution in [0.2, 0.25) is 0 Å². The van der Waals surface area contributed by atoms with Crippen molar-refractivity contribution in [2.24, 2.45) is 0 Å². The lowest BCUT2D eigenvalue weighted by atomic mass is 10.2. The predicted octanol–water partition coefficient (Wildman–Crippen LogP) is 2.96. The molecule has 0 aliphatic rings. The van der Waals surface area contributed by atoms with Gasteiger partial charge in [-0.3, -0.25) is 4.79 Å². The van der Waals surface area contributed by atoms with Crippen LogP contribution in [0.3, 0.4) is 0 Å². The molecule has 5 atom stereocenters. The maximum Gasteiger partial charge on any atom is 0.330 e. The lowest BCUT2D eigenvalue weighted by Crippen LogP contribution is -2.31. The fourth-order valence-electron chi connectivity index (χ4n) is 3.00. The summed E-state index contributed by atoms with van der Waals surface area (Å²) in [6, 6.07) is 7.43. The molecular formula is C27H40O10. The van der Waals surface area contributed by atoms with E-state index in [1.165, 1.54) is 13.0 Å². The van der Waals surface area contributed by atoms with Crippen LogP contribution >= 0.6 is 0 Å². The van der Waals surface area contributed by atoms with Crippen LogP contribution in [0, 0.1) is 0 Å². The molecule has 0 bridgehead atoms. The second-order valence-corrected chi connectivity index (χ2v) is 8.26. The van der Waals surface area contributed by atoms with Gasteiger partial charge >= 0.3 is 11.9 Å². The average Bonchev–Trinajstić information content (AvgIpc) is 2.85. The van der Waals surface area contributed by atoms with E-state index in [1.54, 1.807) is 34.1 Å². The van der Waals surface area contributed by atoms with Crippen LogP contribution in [0.5, 0.6) is 5.75 Å². The lowest BCUT2D eigenvalue weighted by molar-refractivity contribution is -0.159. The topological polar surface area (TPSA) is 119 Å². The molecule has 0 unspecified atom stereocenters. The van der Waals surface area contributed by atoms with Crippen molar-refractivity contribution in [1.82, 2.24) is 0 Å². The van der Waals surface area contributed by atoms with E-state index in [0.717, 1.165) is 17.4 Å². The van der Waals surface area contributed by atoms with Crippen LogP contribution in [0.15, 0.2) is 49.1 Å². The zero-order chi connectivity index (χ0) is 27.6. The maximum absolute atomic E-state index is 12.3. The number of aliphatic hydroxyl groups is 1. The van der Waals surface area contributed by atoms with Gasteiger partial charge in [-0.2, -0.15) is 0 Å². The Morgan fingerprint density at radius 2 is 1.70 bits per heavy atom. The number of rotatable bonds is 19. The smallest absolute Gasteiger partial charge is 0.330 e. The predicted molar refractivity (Wildman–Crippen MR) is 136 cm³/mol. The summed E-state index contributed by atoms with van der Waals surface area (Å²) in [5.74, 6) is -0.485. The lowest BCUT2D eigenvalue weighted by Gasteiger charge is -2.22. The van der Waals surface area contributed by atoms with Gasteiger partial charge in [0.15, 0.2) is 0 Å². The highest BCUT2D eigenvalue weighted by molar-refractivity contribution is 5.82. The molecular weight excluding hydrogens is 484 g/mol. The van der Waals surface area contributed by atoms with Crippen LogP contribution in [0.4, 0.5) is 0 Å². The van der Waals surface area contributed by atoms with E-state index >= 15 is 0 Å². The second kappa shape index (κ2) is 18.5. The minimum Gasteiger partial charge on any atom is -0.497 e. The Balaban J connectivity index is 2.44. The van der Waals surface area contributed by atoms with Crippen LogP contribution in [-0.2, 0) is 44.6 Å². The largest absolute Gasteiger partial charge is 0.497 e. The van der Waals surface area contributed by atoms with Crippen LogP contribution in [0.1, 0.15) is 32.8 Å². The van der Waals surface area contributed by atoms with Gasteiger partial charge in [0.25, 0.3) is 0 Å². The van der Waals surface area contributed by atoms with Crippen molar-refractivity contribution in [2.45, 2.75) is 64.3 Å². The van der Waals surface area contributed by atoms with Crippen molar-refractivity contribution in [3.63, 3.8) is 0 Å². The van der Waals surface area contributed by atoms with Gasteiger partial charge in [-0.05, 0) is 44.5 Å². The average molecular weight is 525 g/mol. The molecule has 208 valence electrons. The van der Waals surface area contributed by atoms with E-state index in [4.69, 9.17) is 33.2 Å². The SMILES string of the molecule is C=C[C@@H](OCc1ccc(OC)cc1)[C@H](C)OC(=O)C[C@H](C)OC(=O)/C=C/[C@@H](OCOCCOC)[C@H](C)O. The number of ether oxygens (including phenoxy) is 7. The quantitative estimate of drug-likeness (QED) is 0.0951. The highest BCUT2D eigenvalue weighted by Gasteiger charge is 2.22. The summed E-state index contributed by atoms with van der Waals surface area (Å²) >= 11 is 0. The maximum atomic E-state index is 12.3. The first-order chi connectivity index (χ1) is 17.7. The Hall–Kier alpha value is -2.76. The van der Waals surface area contributed by atoms with E-state index in [9.17, 15) is 14.7 Å². The van der Waals surface area contributed by atoms with Gasteiger partial charge < -0.3 is 38.3 Å². The number of aliphatic hydroxyl groups excluding tert-OH is 1. The summed E-state index contributed by atoms with van der Waals surface area (Å²) in [7, 11) is 3.15. The minimum absolute atomic E-state index is 0.0751. The molecule has 1 aromatic carbocycles. The van der Waals surface area contributed by atoms with E-state index in [2.05, 4.69) is 6.58 Å². The van der Waals surface area contributed by atoms with Crippen LogP contribution in [0.25, 0.3) is 0 Å². The number of methoxy groups -OCH3 is 2. The number of benzene rings is 1. The molecule has 0 saturated carbocycles. The Morgan fingerprint density at radius 1 is 1.00 bits per heavy atom. The first-order valence-electron chi connectivity index (χ1n) is 12.0. The number of carbonyl (C=O) groups is 2. The third-order valence-electron chi connectivity index (χ3n) is 5.06. The molecule has 0 fully saturated rings. The van der Waals surface area contributed by atoms with E-state index in [0.29, 0.717) is 19.8 Å². The monoisotopic (exact) mass is 524 g/mol. The van der Waals surface area contributed by atoms with Crippen molar-refractivity contribution in [3.8, 4) is 5.75 Å². The second-order valence-electron chi connectivity index (χ2n) is 8.26. The zero-order valence-corrected chi connectivity index (χ0v) is 22.3. The molecule has 0 aliphatic heterocycles. The third-order valence-corrected chi connectivity index (χ3v) is 5.06. The molecule has 0 aromatic heterocycles. The van der Waals surface area contributed by atoms with Gasteiger partial charge in [0.2, 0.25) is 0 Å². The van der Waals surface area contributed by atoms with Crippen LogP contribution in [-0.4, -0.2) is 81.8 Å². The molecule has 0 saturated heterocycles. The van der Waals surface area contributed by atoms with Crippen LogP contribution < -0.4 is 4.74 Å². The molecule has 0 heterocycles.